The number of halogens is 3. The first-order chi connectivity index (χ1) is 9.62. The predicted octanol–water partition coefficient (Wildman–Crippen LogP) is 1.21. The first-order valence-corrected chi connectivity index (χ1v) is 6.20. The molecule has 0 aliphatic heterocycles. The fourth-order valence-corrected chi connectivity index (χ4v) is 1.85. The number of aliphatic hydroxyl groups is 2. The molecular weight excluding hydrogens is 289 g/mol. The molecule has 0 spiro atoms. The number of nitrogens with one attached hydrogen (secondary N) is 1. The molecule has 0 saturated carbocycles. The van der Waals surface area contributed by atoms with Gasteiger partial charge < -0.3 is 21.3 Å². The number of amides is 1. The molecular formula is C13H17F3N2O3. The predicted molar refractivity (Wildman–Crippen MR) is 70.1 cm³/mol. The van der Waals surface area contributed by atoms with Gasteiger partial charge in [-0.25, -0.2) is 0 Å². The van der Waals surface area contributed by atoms with Crippen LogP contribution in [0.5, 0.6) is 0 Å². The van der Waals surface area contributed by atoms with Gasteiger partial charge in [0, 0.05) is 19.2 Å². The maximum absolute atomic E-state index is 12.9. The second-order valence-electron chi connectivity index (χ2n) is 4.63. The van der Waals surface area contributed by atoms with E-state index in [1.807, 2.05) is 0 Å². The number of alkyl halides is 3. The van der Waals surface area contributed by atoms with Gasteiger partial charge in [0.05, 0.1) is 11.7 Å². The van der Waals surface area contributed by atoms with Crippen molar-refractivity contribution < 1.29 is 28.2 Å². The minimum atomic E-state index is -4.67. The molecule has 2 unspecified atom stereocenters. The standard InChI is InChI=1S/C13H17F3N2O3/c1-7(19)18-5-4-11(20)12(21)9-6-8(17)2-3-10(9)13(14,15)16/h2-3,6,11-12,20-21H,4-5,17H2,1H3,(H,18,19). The van der Waals surface area contributed by atoms with Crippen LogP contribution in [0.25, 0.3) is 0 Å². The number of carbonyl (C=O) groups excluding carboxylic acids is 1. The van der Waals surface area contributed by atoms with Crippen LogP contribution in [0.15, 0.2) is 18.2 Å². The van der Waals surface area contributed by atoms with Gasteiger partial charge in [-0.2, -0.15) is 13.2 Å². The third kappa shape index (κ3) is 4.91. The lowest BCUT2D eigenvalue weighted by Crippen LogP contribution is -2.28. The van der Waals surface area contributed by atoms with Crippen LogP contribution in [0.1, 0.15) is 30.6 Å². The molecule has 5 nitrogen and oxygen atoms in total. The van der Waals surface area contributed by atoms with Crippen molar-refractivity contribution in [3.63, 3.8) is 0 Å². The second kappa shape index (κ2) is 6.77. The van der Waals surface area contributed by atoms with Gasteiger partial charge in [-0.05, 0) is 30.2 Å². The summed E-state index contributed by atoms with van der Waals surface area (Å²) in [5, 5.41) is 22.0. The van der Waals surface area contributed by atoms with Crippen LogP contribution in [-0.2, 0) is 11.0 Å². The summed E-state index contributed by atoms with van der Waals surface area (Å²) in [6.45, 7) is 1.31. The van der Waals surface area contributed by atoms with Crippen LogP contribution in [0, 0.1) is 0 Å². The van der Waals surface area contributed by atoms with Crippen molar-refractivity contribution in [1.82, 2.24) is 5.32 Å². The van der Waals surface area contributed by atoms with Gasteiger partial charge >= 0.3 is 6.18 Å². The molecule has 2 atom stereocenters. The summed E-state index contributed by atoms with van der Waals surface area (Å²) in [6, 6.07) is 2.81. The fourth-order valence-electron chi connectivity index (χ4n) is 1.85. The molecule has 1 aromatic rings. The van der Waals surface area contributed by atoms with E-state index in [0.717, 1.165) is 18.2 Å². The Morgan fingerprint density at radius 3 is 2.52 bits per heavy atom. The molecule has 0 bridgehead atoms. The third-order valence-electron chi connectivity index (χ3n) is 2.88. The number of aliphatic hydroxyl groups excluding tert-OH is 2. The minimum Gasteiger partial charge on any atom is -0.399 e. The monoisotopic (exact) mass is 306 g/mol. The Kier molecular flexibility index (Phi) is 5.56. The van der Waals surface area contributed by atoms with Gasteiger partial charge in [0.2, 0.25) is 5.91 Å². The molecule has 0 fully saturated rings. The average molecular weight is 306 g/mol. The van der Waals surface area contributed by atoms with E-state index in [0.29, 0.717) is 0 Å². The maximum Gasteiger partial charge on any atom is 0.416 e. The average Bonchev–Trinajstić information content (AvgIpc) is 2.35. The van der Waals surface area contributed by atoms with Crippen LogP contribution in [0.2, 0.25) is 0 Å². The Bertz CT molecular complexity index is 506. The second-order valence-corrected chi connectivity index (χ2v) is 4.63. The molecule has 5 N–H and O–H groups in total. The fraction of sp³-hybridized carbons (Fsp3) is 0.462. The van der Waals surface area contributed by atoms with Crippen LogP contribution < -0.4 is 11.1 Å². The number of anilines is 1. The van der Waals surface area contributed by atoms with E-state index in [4.69, 9.17) is 5.73 Å². The van der Waals surface area contributed by atoms with Crippen molar-refractivity contribution in [2.45, 2.75) is 31.7 Å². The van der Waals surface area contributed by atoms with E-state index in [1.165, 1.54) is 6.92 Å². The minimum absolute atomic E-state index is 0.0389. The number of hydrogen-bond donors (Lipinski definition) is 4. The number of rotatable bonds is 5. The first kappa shape index (κ1) is 17.3. The Morgan fingerprint density at radius 2 is 2.00 bits per heavy atom. The summed E-state index contributed by atoms with van der Waals surface area (Å²) < 4.78 is 38.6. The molecule has 1 rings (SSSR count). The molecule has 0 aromatic heterocycles. The molecule has 8 heteroatoms. The molecule has 0 aliphatic rings. The van der Waals surface area contributed by atoms with E-state index in [2.05, 4.69) is 5.32 Å². The van der Waals surface area contributed by atoms with Crippen molar-refractivity contribution in [3.05, 3.63) is 29.3 Å². The molecule has 21 heavy (non-hydrogen) atoms. The van der Waals surface area contributed by atoms with E-state index < -0.39 is 29.5 Å². The number of nitrogens with two attached hydrogens (primary N) is 1. The lowest BCUT2D eigenvalue weighted by molar-refractivity contribution is -0.139. The summed E-state index contributed by atoms with van der Waals surface area (Å²) in [4.78, 5) is 10.7. The topological polar surface area (TPSA) is 95.6 Å². The smallest absolute Gasteiger partial charge is 0.399 e. The van der Waals surface area contributed by atoms with Crippen molar-refractivity contribution in [3.8, 4) is 0 Å². The Labute approximate surface area is 119 Å². The highest BCUT2D eigenvalue weighted by Crippen LogP contribution is 2.36. The molecule has 1 amide bonds. The Balaban J connectivity index is 2.92. The third-order valence-corrected chi connectivity index (χ3v) is 2.88. The van der Waals surface area contributed by atoms with Gasteiger partial charge in [-0.1, -0.05) is 0 Å². The first-order valence-electron chi connectivity index (χ1n) is 6.20. The summed E-state index contributed by atoms with van der Waals surface area (Å²) in [6.07, 6.45) is -7.97. The largest absolute Gasteiger partial charge is 0.416 e. The van der Waals surface area contributed by atoms with Gasteiger partial charge in [0.15, 0.2) is 0 Å². The zero-order valence-corrected chi connectivity index (χ0v) is 11.3. The lowest BCUT2D eigenvalue weighted by atomic mass is 9.96. The Hall–Kier alpha value is -1.80. The molecule has 1 aromatic carbocycles. The normalized spacial score (nSPS) is 14.6. The maximum atomic E-state index is 12.9. The molecule has 0 heterocycles. The molecule has 118 valence electrons. The summed E-state index contributed by atoms with van der Waals surface area (Å²) >= 11 is 0. The van der Waals surface area contributed by atoms with Crippen LogP contribution in [0.3, 0.4) is 0 Å². The summed E-state index contributed by atoms with van der Waals surface area (Å²) in [5.41, 5.74) is 3.94. The SMILES string of the molecule is CC(=O)NCCC(O)C(O)c1cc(N)ccc1C(F)(F)F. The number of hydrogen-bond acceptors (Lipinski definition) is 4. The quantitative estimate of drug-likeness (QED) is 0.615. The van der Waals surface area contributed by atoms with Crippen LogP contribution >= 0.6 is 0 Å². The highest BCUT2D eigenvalue weighted by atomic mass is 19.4. The van der Waals surface area contributed by atoms with E-state index in [-0.39, 0.29) is 24.6 Å². The van der Waals surface area contributed by atoms with Crippen molar-refractivity contribution in [2.24, 2.45) is 0 Å². The van der Waals surface area contributed by atoms with Crippen LogP contribution in [-0.4, -0.2) is 28.8 Å². The van der Waals surface area contributed by atoms with Crippen molar-refractivity contribution >= 4 is 11.6 Å². The van der Waals surface area contributed by atoms with Crippen molar-refractivity contribution in [2.75, 3.05) is 12.3 Å². The van der Waals surface area contributed by atoms with Gasteiger partial charge in [0.25, 0.3) is 0 Å². The summed E-state index contributed by atoms with van der Waals surface area (Å²) in [7, 11) is 0. The van der Waals surface area contributed by atoms with Crippen molar-refractivity contribution in [1.29, 1.82) is 0 Å². The van der Waals surface area contributed by atoms with Gasteiger partial charge in [0.1, 0.15) is 6.10 Å². The number of nitrogen functional groups attached to an aromatic ring is 1. The molecule has 0 saturated heterocycles. The highest BCUT2D eigenvalue weighted by Gasteiger charge is 2.36. The Morgan fingerprint density at radius 1 is 1.38 bits per heavy atom. The van der Waals surface area contributed by atoms with E-state index in [1.54, 1.807) is 0 Å². The lowest BCUT2D eigenvalue weighted by Gasteiger charge is -2.22. The van der Waals surface area contributed by atoms with E-state index >= 15 is 0 Å². The molecule has 0 aliphatic carbocycles. The zero-order chi connectivity index (χ0) is 16.2. The van der Waals surface area contributed by atoms with Gasteiger partial charge in [-0.15, -0.1) is 0 Å². The number of carbonyl (C=O) groups is 1. The van der Waals surface area contributed by atoms with E-state index in [9.17, 15) is 28.2 Å². The summed E-state index contributed by atoms with van der Waals surface area (Å²) in [5.74, 6) is -0.336. The molecule has 0 radical (unpaired) electrons. The van der Waals surface area contributed by atoms with Crippen LogP contribution in [0.4, 0.5) is 18.9 Å². The van der Waals surface area contributed by atoms with Gasteiger partial charge in [-0.3, -0.25) is 4.79 Å². The number of benzene rings is 1. The highest BCUT2D eigenvalue weighted by molar-refractivity contribution is 5.72. The zero-order valence-electron chi connectivity index (χ0n) is 11.3.